The molecule has 0 spiro atoms. The van der Waals surface area contributed by atoms with Crippen LogP contribution in [0.3, 0.4) is 0 Å². The highest BCUT2D eigenvalue weighted by Crippen LogP contribution is 2.34. The van der Waals surface area contributed by atoms with Crippen LogP contribution < -0.4 is 14.8 Å². The van der Waals surface area contributed by atoms with Crippen molar-refractivity contribution in [1.29, 1.82) is 0 Å². The highest BCUT2D eigenvalue weighted by Gasteiger charge is 2.20. The lowest BCUT2D eigenvalue weighted by Gasteiger charge is -2.10. The highest BCUT2D eigenvalue weighted by molar-refractivity contribution is 5.99. The van der Waals surface area contributed by atoms with E-state index in [2.05, 4.69) is 10.4 Å². The predicted molar refractivity (Wildman–Crippen MR) is 125 cm³/mol. The molecule has 1 heterocycles. The summed E-state index contributed by atoms with van der Waals surface area (Å²) in [7, 11) is 3.14. The van der Waals surface area contributed by atoms with Gasteiger partial charge in [-0.25, -0.2) is 9.07 Å². The molecule has 3 aromatic carbocycles. The van der Waals surface area contributed by atoms with Crippen LogP contribution in [0.1, 0.15) is 16.1 Å². The van der Waals surface area contributed by atoms with E-state index in [0.29, 0.717) is 30.0 Å². The van der Waals surface area contributed by atoms with Gasteiger partial charge in [-0.1, -0.05) is 36.4 Å². The lowest BCUT2D eigenvalue weighted by atomic mass is 10.1. The largest absolute Gasteiger partial charge is 0.493 e. The van der Waals surface area contributed by atoms with Gasteiger partial charge >= 0.3 is 0 Å². The van der Waals surface area contributed by atoms with E-state index in [4.69, 9.17) is 9.47 Å². The molecule has 4 rings (SSSR count). The Bertz CT molecular complexity index is 1250. The van der Waals surface area contributed by atoms with Crippen molar-refractivity contribution in [3.63, 3.8) is 0 Å². The molecule has 168 valence electrons. The minimum Gasteiger partial charge on any atom is -0.493 e. The zero-order valence-electron chi connectivity index (χ0n) is 18.4. The third-order valence-corrected chi connectivity index (χ3v) is 5.23. The van der Waals surface area contributed by atoms with Crippen LogP contribution in [0.2, 0.25) is 0 Å². The maximum atomic E-state index is 13.4. The molecule has 1 aromatic heterocycles. The summed E-state index contributed by atoms with van der Waals surface area (Å²) in [6.45, 7) is 0.353. The number of rotatable bonds is 8. The summed E-state index contributed by atoms with van der Waals surface area (Å²) >= 11 is 0. The van der Waals surface area contributed by atoms with Crippen LogP contribution >= 0.6 is 0 Å². The Morgan fingerprint density at radius 1 is 0.970 bits per heavy atom. The fourth-order valence-electron chi connectivity index (χ4n) is 3.57. The van der Waals surface area contributed by atoms with Crippen molar-refractivity contribution in [3.8, 4) is 28.3 Å². The summed E-state index contributed by atoms with van der Waals surface area (Å²) in [6.07, 6.45) is 2.33. The SMILES string of the molecule is COc1ccc(-c2cn(-c3ccccc3)nc2C(=O)NCCc2cccc(F)c2)cc1OC. The highest BCUT2D eigenvalue weighted by atomic mass is 19.1. The van der Waals surface area contributed by atoms with Crippen LogP contribution in [-0.4, -0.2) is 36.5 Å². The number of benzene rings is 3. The number of carbonyl (C=O) groups excluding carboxylic acids is 1. The minimum absolute atomic E-state index is 0.283. The summed E-state index contributed by atoms with van der Waals surface area (Å²) in [4.78, 5) is 13.1. The fourth-order valence-corrected chi connectivity index (χ4v) is 3.57. The Morgan fingerprint density at radius 3 is 2.48 bits per heavy atom. The van der Waals surface area contributed by atoms with E-state index < -0.39 is 0 Å². The molecular formula is C26H24FN3O3. The van der Waals surface area contributed by atoms with E-state index in [-0.39, 0.29) is 17.4 Å². The molecule has 33 heavy (non-hydrogen) atoms. The molecule has 0 unspecified atom stereocenters. The van der Waals surface area contributed by atoms with E-state index in [1.165, 1.54) is 12.1 Å². The standard InChI is InChI=1S/C26H24FN3O3/c1-32-23-12-11-19(16-24(23)33-2)22-17-30(21-9-4-3-5-10-21)29-25(22)26(31)28-14-13-18-7-6-8-20(27)15-18/h3-12,15-17H,13-14H2,1-2H3,(H,28,31). The Balaban J connectivity index is 1.64. The number of carbonyl (C=O) groups is 1. The van der Waals surface area contributed by atoms with Crippen molar-refractivity contribution in [2.45, 2.75) is 6.42 Å². The van der Waals surface area contributed by atoms with Gasteiger partial charge in [0.2, 0.25) is 0 Å². The minimum atomic E-state index is -0.314. The van der Waals surface area contributed by atoms with Gasteiger partial charge in [0.15, 0.2) is 17.2 Å². The van der Waals surface area contributed by atoms with Gasteiger partial charge in [0.05, 0.1) is 19.9 Å². The summed E-state index contributed by atoms with van der Waals surface area (Å²) < 4.78 is 25.9. The van der Waals surface area contributed by atoms with E-state index >= 15 is 0 Å². The molecule has 0 radical (unpaired) electrons. The molecule has 4 aromatic rings. The van der Waals surface area contributed by atoms with Crippen molar-refractivity contribution in [2.24, 2.45) is 0 Å². The summed E-state index contributed by atoms with van der Waals surface area (Å²) in [5.74, 6) is 0.541. The maximum absolute atomic E-state index is 13.4. The van der Waals surface area contributed by atoms with Crippen molar-refractivity contribution in [3.05, 3.63) is 96.1 Å². The number of amides is 1. The number of nitrogens with one attached hydrogen (secondary N) is 1. The van der Waals surface area contributed by atoms with Gasteiger partial charge < -0.3 is 14.8 Å². The second kappa shape index (κ2) is 9.99. The van der Waals surface area contributed by atoms with Crippen LogP contribution in [0.4, 0.5) is 4.39 Å². The molecule has 0 saturated heterocycles. The molecule has 0 saturated carbocycles. The van der Waals surface area contributed by atoms with E-state index in [1.807, 2.05) is 54.7 Å². The molecule has 1 amide bonds. The number of para-hydroxylation sites is 1. The summed E-state index contributed by atoms with van der Waals surface area (Å²) in [5, 5.41) is 7.47. The van der Waals surface area contributed by atoms with Crippen LogP contribution in [0.25, 0.3) is 16.8 Å². The number of nitrogens with zero attached hydrogens (tertiary/aromatic N) is 2. The van der Waals surface area contributed by atoms with Crippen molar-refractivity contribution < 1.29 is 18.7 Å². The van der Waals surface area contributed by atoms with Gasteiger partial charge in [-0.3, -0.25) is 4.79 Å². The zero-order valence-corrected chi connectivity index (χ0v) is 18.4. The number of hydrogen-bond acceptors (Lipinski definition) is 4. The molecule has 0 aliphatic heterocycles. The van der Waals surface area contributed by atoms with Crippen LogP contribution in [0.5, 0.6) is 11.5 Å². The molecule has 0 fully saturated rings. The molecule has 1 N–H and O–H groups in total. The molecule has 6 nitrogen and oxygen atoms in total. The van der Waals surface area contributed by atoms with Crippen LogP contribution in [-0.2, 0) is 6.42 Å². The number of aromatic nitrogens is 2. The third-order valence-electron chi connectivity index (χ3n) is 5.23. The molecule has 0 bridgehead atoms. The van der Waals surface area contributed by atoms with Gasteiger partial charge in [0.1, 0.15) is 5.82 Å². The fraction of sp³-hybridized carbons (Fsp3) is 0.154. The quantitative estimate of drug-likeness (QED) is 0.428. The van der Waals surface area contributed by atoms with Gasteiger partial charge in [-0.2, -0.15) is 5.10 Å². The van der Waals surface area contributed by atoms with Gasteiger partial charge in [0.25, 0.3) is 5.91 Å². The monoisotopic (exact) mass is 445 g/mol. The van der Waals surface area contributed by atoms with E-state index in [9.17, 15) is 9.18 Å². The van der Waals surface area contributed by atoms with E-state index in [1.54, 1.807) is 31.0 Å². The zero-order chi connectivity index (χ0) is 23.2. The normalized spacial score (nSPS) is 10.6. The number of hydrogen-bond donors (Lipinski definition) is 1. The van der Waals surface area contributed by atoms with E-state index in [0.717, 1.165) is 16.8 Å². The topological polar surface area (TPSA) is 65.4 Å². The predicted octanol–water partition coefficient (Wildman–Crippen LogP) is 4.67. The summed E-state index contributed by atoms with van der Waals surface area (Å²) in [6, 6.07) is 21.4. The first-order valence-electron chi connectivity index (χ1n) is 10.5. The Morgan fingerprint density at radius 2 is 1.76 bits per heavy atom. The second-order valence-electron chi connectivity index (χ2n) is 7.38. The smallest absolute Gasteiger partial charge is 0.272 e. The Hall–Kier alpha value is -4.13. The molecule has 0 aliphatic rings. The first-order valence-corrected chi connectivity index (χ1v) is 10.5. The first-order chi connectivity index (χ1) is 16.1. The van der Waals surface area contributed by atoms with Gasteiger partial charge in [-0.05, 0) is 53.9 Å². The Kier molecular flexibility index (Phi) is 6.69. The van der Waals surface area contributed by atoms with Gasteiger partial charge in [0, 0.05) is 18.3 Å². The van der Waals surface area contributed by atoms with Crippen LogP contribution in [0, 0.1) is 5.82 Å². The van der Waals surface area contributed by atoms with Gasteiger partial charge in [-0.15, -0.1) is 0 Å². The maximum Gasteiger partial charge on any atom is 0.272 e. The lowest BCUT2D eigenvalue weighted by molar-refractivity contribution is 0.0949. The second-order valence-corrected chi connectivity index (χ2v) is 7.38. The lowest BCUT2D eigenvalue weighted by Crippen LogP contribution is -2.26. The molecule has 7 heteroatoms. The molecule has 0 atom stereocenters. The Labute approximate surface area is 191 Å². The third kappa shape index (κ3) is 5.03. The van der Waals surface area contributed by atoms with Crippen molar-refractivity contribution in [1.82, 2.24) is 15.1 Å². The van der Waals surface area contributed by atoms with Crippen molar-refractivity contribution >= 4 is 5.91 Å². The van der Waals surface area contributed by atoms with Crippen molar-refractivity contribution in [2.75, 3.05) is 20.8 Å². The first kappa shape index (κ1) is 22.1. The molecule has 0 aliphatic carbocycles. The average molecular weight is 445 g/mol. The number of halogens is 1. The number of ether oxygens (including phenoxy) is 2. The average Bonchev–Trinajstić information content (AvgIpc) is 3.30. The van der Waals surface area contributed by atoms with Crippen LogP contribution in [0.15, 0.2) is 79.0 Å². The molecular weight excluding hydrogens is 421 g/mol. The number of methoxy groups -OCH3 is 2. The summed E-state index contributed by atoms with van der Waals surface area (Å²) in [5.41, 5.74) is 3.35.